The molecule has 12 rings (SSSR count). The molecule has 52 heavy (non-hydrogen) atoms. The standard InChI is InChI=1S/C47H27N5/c1-3-14-28(15-4-1)42-41-38(26-27-48-47(41)50-46(49-42)29-16-5-2-6-17-29)51-37-25-12-10-21-34(37)39-31-19-7-8-20-33(31)44-40(45(39)51)35-23-13-22-32-30-18-9-11-24-36(30)52(44)43(32)35/h1-27H. The molecule has 0 spiro atoms. The van der Waals surface area contributed by atoms with E-state index in [4.69, 9.17) is 15.0 Å². The minimum absolute atomic E-state index is 0.656. The van der Waals surface area contributed by atoms with Gasteiger partial charge in [0.15, 0.2) is 11.5 Å². The molecule has 0 aliphatic rings. The summed E-state index contributed by atoms with van der Waals surface area (Å²) in [4.78, 5) is 15.4. The number of pyridine rings is 1. The number of nitrogens with zero attached hydrogens (tertiary/aromatic N) is 5. The Hall–Kier alpha value is -7.11. The van der Waals surface area contributed by atoms with Crippen LogP contribution in [0.5, 0.6) is 0 Å². The summed E-state index contributed by atoms with van der Waals surface area (Å²) in [6.07, 6.45) is 1.90. The number of hydrogen-bond donors (Lipinski definition) is 0. The van der Waals surface area contributed by atoms with Crippen LogP contribution in [0.2, 0.25) is 0 Å². The van der Waals surface area contributed by atoms with E-state index in [0.717, 1.165) is 33.4 Å². The summed E-state index contributed by atoms with van der Waals surface area (Å²) in [5.41, 5.74) is 10.5. The first kappa shape index (κ1) is 27.7. The Morgan fingerprint density at radius 3 is 1.81 bits per heavy atom. The van der Waals surface area contributed by atoms with Gasteiger partial charge in [-0.1, -0.05) is 140 Å². The number of hydrogen-bond acceptors (Lipinski definition) is 3. The fourth-order valence-corrected chi connectivity index (χ4v) is 8.84. The third-order valence-electron chi connectivity index (χ3n) is 10.9. The highest BCUT2D eigenvalue weighted by atomic mass is 15.0. The van der Waals surface area contributed by atoms with Crippen molar-refractivity contribution >= 4 is 81.7 Å². The van der Waals surface area contributed by atoms with Crippen molar-refractivity contribution in [2.24, 2.45) is 0 Å². The van der Waals surface area contributed by atoms with Crippen molar-refractivity contribution in [1.29, 1.82) is 0 Å². The van der Waals surface area contributed by atoms with Gasteiger partial charge in [-0.25, -0.2) is 15.0 Å². The Labute approximate surface area is 297 Å². The number of rotatable bonds is 3. The molecule has 0 aliphatic heterocycles. The third-order valence-corrected chi connectivity index (χ3v) is 10.9. The molecule has 0 fully saturated rings. The van der Waals surface area contributed by atoms with Gasteiger partial charge in [-0.2, -0.15) is 0 Å². The Morgan fingerprint density at radius 2 is 1.00 bits per heavy atom. The summed E-state index contributed by atoms with van der Waals surface area (Å²) in [6, 6.07) is 56.1. The summed E-state index contributed by atoms with van der Waals surface area (Å²) in [6.45, 7) is 0. The largest absolute Gasteiger partial charge is 0.308 e. The second kappa shape index (κ2) is 10.2. The van der Waals surface area contributed by atoms with E-state index in [0.29, 0.717) is 11.5 Å². The highest BCUT2D eigenvalue weighted by Crippen LogP contribution is 2.49. The number of aromatic nitrogens is 5. The van der Waals surface area contributed by atoms with E-state index in [9.17, 15) is 0 Å². The molecule has 240 valence electrons. The predicted octanol–water partition coefficient (Wildman–Crippen LogP) is 11.8. The summed E-state index contributed by atoms with van der Waals surface area (Å²) in [5, 5.41) is 10.9. The van der Waals surface area contributed by atoms with E-state index >= 15 is 0 Å². The molecule has 5 aromatic heterocycles. The number of fused-ring (bicyclic) bond motifs is 14. The number of para-hydroxylation sites is 3. The summed E-state index contributed by atoms with van der Waals surface area (Å²) >= 11 is 0. The zero-order valence-corrected chi connectivity index (χ0v) is 27.8. The van der Waals surface area contributed by atoms with Crippen molar-refractivity contribution < 1.29 is 0 Å². The molecule has 0 atom stereocenters. The maximum absolute atomic E-state index is 5.32. The van der Waals surface area contributed by atoms with Crippen molar-refractivity contribution in [3.63, 3.8) is 0 Å². The van der Waals surface area contributed by atoms with Gasteiger partial charge in [0, 0.05) is 55.0 Å². The zero-order chi connectivity index (χ0) is 33.9. The molecule has 0 aliphatic carbocycles. The van der Waals surface area contributed by atoms with Crippen molar-refractivity contribution in [2.45, 2.75) is 0 Å². The van der Waals surface area contributed by atoms with Crippen LogP contribution in [0.15, 0.2) is 164 Å². The van der Waals surface area contributed by atoms with Crippen molar-refractivity contribution in [1.82, 2.24) is 23.9 Å². The van der Waals surface area contributed by atoms with E-state index in [1.807, 2.05) is 30.5 Å². The molecule has 5 nitrogen and oxygen atoms in total. The van der Waals surface area contributed by atoms with Crippen LogP contribution in [0.25, 0.3) is 110 Å². The third kappa shape index (κ3) is 3.54. The van der Waals surface area contributed by atoms with Gasteiger partial charge in [0.2, 0.25) is 0 Å². The molecule has 0 bridgehead atoms. The quantitative estimate of drug-likeness (QED) is 0.189. The van der Waals surface area contributed by atoms with Gasteiger partial charge < -0.3 is 8.97 Å². The monoisotopic (exact) mass is 661 g/mol. The van der Waals surface area contributed by atoms with E-state index in [1.54, 1.807) is 0 Å². The van der Waals surface area contributed by atoms with Crippen LogP contribution < -0.4 is 0 Å². The van der Waals surface area contributed by atoms with Gasteiger partial charge in [-0.05, 0) is 23.6 Å². The molecule has 0 unspecified atom stereocenters. The topological polar surface area (TPSA) is 48.0 Å². The first-order chi connectivity index (χ1) is 25.8. The molecular weight excluding hydrogens is 635 g/mol. The van der Waals surface area contributed by atoms with Gasteiger partial charge in [0.25, 0.3) is 0 Å². The van der Waals surface area contributed by atoms with Crippen molar-refractivity contribution in [2.75, 3.05) is 0 Å². The van der Waals surface area contributed by atoms with E-state index in [2.05, 4.69) is 142 Å². The summed E-state index contributed by atoms with van der Waals surface area (Å²) in [7, 11) is 0. The average molecular weight is 662 g/mol. The van der Waals surface area contributed by atoms with E-state index in [1.165, 1.54) is 65.2 Å². The minimum Gasteiger partial charge on any atom is -0.308 e. The van der Waals surface area contributed by atoms with E-state index in [-0.39, 0.29) is 0 Å². The average Bonchev–Trinajstić information content (AvgIpc) is 3.87. The lowest BCUT2D eigenvalue weighted by Gasteiger charge is -2.16. The minimum atomic E-state index is 0.656. The Kier molecular flexibility index (Phi) is 5.44. The lowest BCUT2D eigenvalue weighted by molar-refractivity contribution is 1.15. The van der Waals surface area contributed by atoms with Gasteiger partial charge in [0.1, 0.15) is 0 Å². The second-order valence-corrected chi connectivity index (χ2v) is 13.6. The summed E-state index contributed by atoms with van der Waals surface area (Å²) < 4.78 is 4.97. The molecule has 0 radical (unpaired) electrons. The second-order valence-electron chi connectivity index (χ2n) is 13.6. The smallest absolute Gasteiger partial charge is 0.165 e. The Morgan fingerprint density at radius 1 is 0.385 bits per heavy atom. The SMILES string of the molecule is c1ccc(-c2nc(-c3ccccc3)c3c(-n4c5ccccc5c5c6ccccc6c6c(c7cccc8c9ccccc9n6c87)c54)ccnc3n2)cc1. The summed E-state index contributed by atoms with van der Waals surface area (Å²) in [5.74, 6) is 0.656. The van der Waals surface area contributed by atoms with Gasteiger partial charge >= 0.3 is 0 Å². The maximum Gasteiger partial charge on any atom is 0.165 e. The number of benzene rings is 7. The van der Waals surface area contributed by atoms with Crippen LogP contribution in [-0.4, -0.2) is 23.9 Å². The Balaban J connectivity index is 1.34. The van der Waals surface area contributed by atoms with Gasteiger partial charge in [-0.3, -0.25) is 0 Å². The molecule has 5 heterocycles. The molecule has 0 amide bonds. The van der Waals surface area contributed by atoms with Crippen LogP contribution >= 0.6 is 0 Å². The van der Waals surface area contributed by atoms with Crippen molar-refractivity contribution in [3.05, 3.63) is 164 Å². The van der Waals surface area contributed by atoms with E-state index < -0.39 is 0 Å². The Bertz CT molecular complexity index is 3400. The molecule has 0 N–H and O–H groups in total. The predicted molar refractivity (Wildman–Crippen MR) is 215 cm³/mol. The fraction of sp³-hybridized carbons (Fsp3) is 0. The lowest BCUT2D eigenvalue weighted by atomic mass is 9.98. The zero-order valence-electron chi connectivity index (χ0n) is 27.8. The molecule has 0 saturated carbocycles. The molecule has 12 aromatic rings. The maximum atomic E-state index is 5.32. The van der Waals surface area contributed by atoms with Crippen LogP contribution in [-0.2, 0) is 0 Å². The highest BCUT2D eigenvalue weighted by molar-refractivity contribution is 6.39. The normalized spacial score (nSPS) is 12.2. The van der Waals surface area contributed by atoms with Crippen LogP contribution in [0, 0.1) is 0 Å². The van der Waals surface area contributed by atoms with Crippen LogP contribution in [0.3, 0.4) is 0 Å². The van der Waals surface area contributed by atoms with Gasteiger partial charge in [0.05, 0.1) is 44.4 Å². The van der Waals surface area contributed by atoms with Crippen molar-refractivity contribution in [3.8, 4) is 28.3 Å². The molecule has 7 aromatic carbocycles. The molecular formula is C47H27N5. The van der Waals surface area contributed by atoms with Gasteiger partial charge in [-0.15, -0.1) is 0 Å². The first-order valence-corrected chi connectivity index (χ1v) is 17.6. The molecule has 0 saturated heterocycles. The fourth-order valence-electron chi connectivity index (χ4n) is 8.84. The first-order valence-electron chi connectivity index (χ1n) is 17.6. The lowest BCUT2D eigenvalue weighted by Crippen LogP contribution is -2.02. The highest BCUT2D eigenvalue weighted by Gasteiger charge is 2.27. The van der Waals surface area contributed by atoms with Crippen LogP contribution in [0.1, 0.15) is 0 Å². The van der Waals surface area contributed by atoms with Crippen LogP contribution in [0.4, 0.5) is 0 Å². The molecule has 5 heteroatoms.